The van der Waals surface area contributed by atoms with Crippen LogP contribution in [-0.4, -0.2) is 30.5 Å². The summed E-state index contributed by atoms with van der Waals surface area (Å²) in [6, 6.07) is 18.6. The van der Waals surface area contributed by atoms with E-state index in [9.17, 15) is 9.59 Å². The number of amides is 1. The normalized spacial score (nSPS) is 17.6. The lowest BCUT2D eigenvalue weighted by atomic mass is 10.1. The Balaban J connectivity index is 1.62. The van der Waals surface area contributed by atoms with Crippen molar-refractivity contribution >= 4 is 16.9 Å². The maximum absolute atomic E-state index is 12.9. The van der Waals surface area contributed by atoms with E-state index < -0.39 is 5.63 Å². The van der Waals surface area contributed by atoms with Crippen LogP contribution in [0.15, 0.2) is 69.9 Å². The molecule has 126 valence electrons. The van der Waals surface area contributed by atoms with Crippen LogP contribution in [0.3, 0.4) is 0 Å². The quantitative estimate of drug-likeness (QED) is 0.676. The molecule has 5 heteroatoms. The molecule has 0 saturated carbocycles. The van der Waals surface area contributed by atoms with E-state index >= 15 is 0 Å². The van der Waals surface area contributed by atoms with Crippen LogP contribution >= 0.6 is 0 Å². The van der Waals surface area contributed by atoms with E-state index in [4.69, 9.17) is 9.15 Å². The topological polar surface area (TPSA) is 59.8 Å². The Morgan fingerprint density at radius 2 is 1.80 bits per heavy atom. The Morgan fingerprint density at radius 1 is 1.04 bits per heavy atom. The summed E-state index contributed by atoms with van der Waals surface area (Å²) in [6.07, 6.45) is -0.189. The van der Waals surface area contributed by atoms with Crippen LogP contribution in [0.1, 0.15) is 22.0 Å². The van der Waals surface area contributed by atoms with Gasteiger partial charge >= 0.3 is 5.63 Å². The molecule has 1 aromatic heterocycles. The first-order chi connectivity index (χ1) is 12.2. The number of para-hydroxylation sites is 1. The van der Waals surface area contributed by atoms with E-state index in [1.807, 2.05) is 42.5 Å². The van der Waals surface area contributed by atoms with Crippen molar-refractivity contribution in [1.29, 1.82) is 0 Å². The molecule has 5 nitrogen and oxygen atoms in total. The number of ether oxygens (including phenoxy) is 1. The van der Waals surface area contributed by atoms with Gasteiger partial charge in [0.05, 0.1) is 13.2 Å². The number of rotatable bonds is 2. The highest BCUT2D eigenvalue weighted by molar-refractivity contribution is 5.96. The van der Waals surface area contributed by atoms with Crippen LogP contribution in [0, 0.1) is 0 Å². The highest BCUT2D eigenvalue weighted by atomic mass is 16.5. The fraction of sp³-hybridized carbons (Fsp3) is 0.200. The molecule has 4 rings (SSSR count). The second kappa shape index (κ2) is 6.53. The van der Waals surface area contributed by atoms with Gasteiger partial charge in [-0.25, -0.2) is 4.79 Å². The second-order valence-electron chi connectivity index (χ2n) is 6.01. The highest BCUT2D eigenvalue weighted by Crippen LogP contribution is 2.23. The van der Waals surface area contributed by atoms with Gasteiger partial charge in [0, 0.05) is 11.9 Å². The maximum atomic E-state index is 12.9. The third kappa shape index (κ3) is 3.06. The first kappa shape index (κ1) is 15.6. The Morgan fingerprint density at radius 3 is 2.64 bits per heavy atom. The summed E-state index contributed by atoms with van der Waals surface area (Å²) in [4.78, 5) is 26.7. The Hall–Kier alpha value is -2.92. The number of fused-ring (bicyclic) bond motifs is 1. The average Bonchev–Trinajstić information content (AvgIpc) is 2.68. The lowest BCUT2D eigenvalue weighted by Gasteiger charge is -2.33. The molecular weight excluding hydrogens is 318 g/mol. The predicted octanol–water partition coefficient (Wildman–Crippen LogP) is 3.01. The minimum Gasteiger partial charge on any atom is -0.422 e. The van der Waals surface area contributed by atoms with Crippen LogP contribution in [0.25, 0.3) is 11.0 Å². The van der Waals surface area contributed by atoms with Gasteiger partial charge in [0.1, 0.15) is 17.3 Å². The van der Waals surface area contributed by atoms with Crippen LogP contribution in [-0.2, 0) is 4.74 Å². The van der Waals surface area contributed by atoms with Gasteiger partial charge < -0.3 is 14.1 Å². The number of nitrogens with zero attached hydrogens (tertiary/aromatic N) is 1. The standard InChI is InChI=1S/C20H17NO4/c22-19(16-12-15-8-4-5-9-17(15)25-20(16)23)21-10-11-24-18(13-21)14-6-2-1-3-7-14/h1-9,12,18H,10-11,13H2. The monoisotopic (exact) mass is 335 g/mol. The van der Waals surface area contributed by atoms with E-state index in [0.29, 0.717) is 25.3 Å². The van der Waals surface area contributed by atoms with Gasteiger partial charge in [0.15, 0.2) is 0 Å². The third-order valence-corrected chi connectivity index (χ3v) is 4.40. The van der Waals surface area contributed by atoms with Crippen LogP contribution in [0.4, 0.5) is 0 Å². The molecule has 2 aromatic carbocycles. The number of carbonyl (C=O) groups is 1. The summed E-state index contributed by atoms with van der Waals surface area (Å²) in [5, 5.41) is 0.735. The predicted molar refractivity (Wildman–Crippen MR) is 93.5 cm³/mol. The van der Waals surface area contributed by atoms with E-state index in [-0.39, 0.29) is 17.6 Å². The number of carbonyl (C=O) groups excluding carboxylic acids is 1. The van der Waals surface area contributed by atoms with Crippen LogP contribution < -0.4 is 5.63 Å². The second-order valence-corrected chi connectivity index (χ2v) is 6.01. The van der Waals surface area contributed by atoms with Crippen LogP contribution in [0.2, 0.25) is 0 Å². The van der Waals surface area contributed by atoms with Crippen molar-refractivity contribution in [2.24, 2.45) is 0 Å². The van der Waals surface area contributed by atoms with Gasteiger partial charge in [-0.15, -0.1) is 0 Å². The Labute approximate surface area is 144 Å². The summed E-state index contributed by atoms with van der Waals surface area (Å²) >= 11 is 0. The van der Waals surface area contributed by atoms with Gasteiger partial charge in [-0.3, -0.25) is 4.79 Å². The average molecular weight is 335 g/mol. The lowest BCUT2D eigenvalue weighted by molar-refractivity contribution is -0.0229. The largest absolute Gasteiger partial charge is 0.422 e. The Bertz CT molecular complexity index is 964. The summed E-state index contributed by atoms with van der Waals surface area (Å²) in [6.45, 7) is 1.30. The molecule has 0 radical (unpaired) electrons. The fourth-order valence-electron chi connectivity index (χ4n) is 3.08. The zero-order chi connectivity index (χ0) is 17.2. The van der Waals surface area contributed by atoms with Gasteiger partial charge in [0.2, 0.25) is 0 Å². The molecule has 0 N–H and O–H groups in total. The Kier molecular flexibility index (Phi) is 4.07. The minimum absolute atomic E-state index is 0.0624. The third-order valence-electron chi connectivity index (χ3n) is 4.40. The van der Waals surface area contributed by atoms with Gasteiger partial charge in [-0.05, 0) is 17.7 Å². The molecule has 0 bridgehead atoms. The minimum atomic E-state index is -0.605. The van der Waals surface area contributed by atoms with Crippen LogP contribution in [0.5, 0.6) is 0 Å². The molecular formula is C20H17NO4. The van der Waals surface area contributed by atoms with Crippen molar-refractivity contribution in [2.75, 3.05) is 19.7 Å². The van der Waals surface area contributed by atoms with Gasteiger partial charge in [-0.2, -0.15) is 0 Å². The molecule has 1 atom stereocenters. The lowest BCUT2D eigenvalue weighted by Crippen LogP contribution is -2.43. The zero-order valence-corrected chi connectivity index (χ0v) is 13.6. The molecule has 2 heterocycles. The number of hydrogen-bond donors (Lipinski definition) is 0. The molecule has 1 saturated heterocycles. The highest BCUT2D eigenvalue weighted by Gasteiger charge is 2.28. The smallest absolute Gasteiger partial charge is 0.349 e. The SMILES string of the molecule is O=C(c1cc2ccccc2oc1=O)N1CCOC(c2ccccc2)C1. The zero-order valence-electron chi connectivity index (χ0n) is 13.6. The molecule has 3 aromatic rings. The van der Waals surface area contributed by atoms with E-state index in [1.165, 1.54) is 0 Å². The first-order valence-electron chi connectivity index (χ1n) is 8.21. The van der Waals surface area contributed by atoms with Crippen molar-refractivity contribution < 1.29 is 13.9 Å². The van der Waals surface area contributed by atoms with Crippen molar-refractivity contribution in [3.05, 3.63) is 82.2 Å². The molecule has 1 amide bonds. The van der Waals surface area contributed by atoms with E-state index in [2.05, 4.69) is 0 Å². The van der Waals surface area contributed by atoms with Crippen molar-refractivity contribution in [3.8, 4) is 0 Å². The molecule has 25 heavy (non-hydrogen) atoms. The number of benzene rings is 2. The van der Waals surface area contributed by atoms with Gasteiger partial charge in [-0.1, -0.05) is 48.5 Å². The van der Waals surface area contributed by atoms with Crippen molar-refractivity contribution in [3.63, 3.8) is 0 Å². The summed E-state index contributed by atoms with van der Waals surface area (Å²) in [7, 11) is 0. The first-order valence-corrected chi connectivity index (χ1v) is 8.21. The molecule has 1 aliphatic heterocycles. The summed E-state index contributed by atoms with van der Waals surface area (Å²) in [5.74, 6) is -0.316. The summed E-state index contributed by atoms with van der Waals surface area (Å²) < 4.78 is 11.1. The van der Waals surface area contributed by atoms with Gasteiger partial charge in [0.25, 0.3) is 5.91 Å². The molecule has 1 aliphatic rings. The van der Waals surface area contributed by atoms with Crippen molar-refractivity contribution in [2.45, 2.75) is 6.10 Å². The maximum Gasteiger partial charge on any atom is 0.349 e. The molecule has 0 spiro atoms. The molecule has 0 aliphatic carbocycles. The number of morpholine rings is 1. The van der Waals surface area contributed by atoms with E-state index in [0.717, 1.165) is 10.9 Å². The molecule has 1 unspecified atom stereocenters. The van der Waals surface area contributed by atoms with Crippen molar-refractivity contribution in [1.82, 2.24) is 4.90 Å². The van der Waals surface area contributed by atoms with E-state index in [1.54, 1.807) is 23.1 Å². The molecule has 1 fully saturated rings. The number of hydrogen-bond acceptors (Lipinski definition) is 4. The fourth-order valence-corrected chi connectivity index (χ4v) is 3.08. The summed E-state index contributed by atoms with van der Waals surface area (Å²) in [5.41, 5.74) is 0.956.